The normalized spacial score (nSPS) is 22.3. The van der Waals surface area contributed by atoms with Gasteiger partial charge in [-0.1, -0.05) is 12.1 Å². The average Bonchev–Trinajstić information content (AvgIpc) is 3.30. The van der Waals surface area contributed by atoms with E-state index in [1.165, 1.54) is 12.5 Å². The summed E-state index contributed by atoms with van der Waals surface area (Å²) in [7, 11) is 0. The van der Waals surface area contributed by atoms with Crippen molar-refractivity contribution in [3.05, 3.63) is 29.8 Å². The Hall–Kier alpha value is -2.08. The monoisotopic (exact) mass is 402 g/mol. The van der Waals surface area contributed by atoms with Gasteiger partial charge in [0.05, 0.1) is 12.6 Å². The van der Waals surface area contributed by atoms with E-state index in [0.29, 0.717) is 6.61 Å². The number of benzene rings is 1. The van der Waals surface area contributed by atoms with E-state index in [1.54, 1.807) is 4.90 Å². The van der Waals surface area contributed by atoms with Crippen LogP contribution in [-0.2, 0) is 19.7 Å². The Kier molecular flexibility index (Phi) is 5.69. The van der Waals surface area contributed by atoms with Crippen molar-refractivity contribution in [1.82, 2.24) is 4.90 Å². The Bertz CT molecular complexity index is 760. The Morgan fingerprint density at radius 1 is 1.21 bits per heavy atom. The third-order valence-electron chi connectivity index (χ3n) is 5.79. The predicted molar refractivity (Wildman–Crippen MR) is 113 cm³/mol. The summed E-state index contributed by atoms with van der Waals surface area (Å²) in [5.41, 5.74) is 1.09. The predicted octanol–water partition coefficient (Wildman–Crippen LogP) is 4.83. The van der Waals surface area contributed by atoms with Crippen LogP contribution < -0.4 is 5.32 Å². The minimum Gasteiger partial charge on any atom is -0.444 e. The standard InChI is InChI=1S/C23H34N2O4/c1-16(26)24-18-9-7-17(8-10-18)23(13-14-23)12-11-19-15-28-22(5,6)25(19)20(27)29-21(2,3)4/h7-10,19H,11-15H2,1-6H3,(H,24,26)/t19-/m0/s1. The van der Waals surface area contributed by atoms with Gasteiger partial charge in [-0.3, -0.25) is 9.69 Å². The van der Waals surface area contributed by atoms with Crippen molar-refractivity contribution in [3.63, 3.8) is 0 Å². The molecular weight excluding hydrogens is 368 g/mol. The smallest absolute Gasteiger partial charge is 0.412 e. The van der Waals surface area contributed by atoms with E-state index in [2.05, 4.69) is 17.4 Å². The highest BCUT2D eigenvalue weighted by molar-refractivity contribution is 5.88. The molecule has 1 saturated heterocycles. The first-order valence-corrected chi connectivity index (χ1v) is 10.5. The van der Waals surface area contributed by atoms with E-state index in [-0.39, 0.29) is 23.5 Å². The molecule has 1 saturated carbocycles. The SMILES string of the molecule is CC(=O)Nc1ccc(C2(CC[C@H]3COC(C)(C)N3C(=O)OC(C)(C)C)CC2)cc1. The fourth-order valence-electron chi connectivity index (χ4n) is 4.16. The largest absolute Gasteiger partial charge is 0.444 e. The first-order chi connectivity index (χ1) is 13.4. The lowest BCUT2D eigenvalue weighted by Gasteiger charge is -2.35. The van der Waals surface area contributed by atoms with Crippen molar-refractivity contribution in [2.24, 2.45) is 0 Å². The van der Waals surface area contributed by atoms with Crippen LogP contribution in [0.3, 0.4) is 0 Å². The van der Waals surface area contributed by atoms with Crippen molar-refractivity contribution in [2.75, 3.05) is 11.9 Å². The second-order valence-corrected chi connectivity index (χ2v) is 9.84. The Morgan fingerprint density at radius 3 is 2.34 bits per heavy atom. The van der Waals surface area contributed by atoms with Crippen molar-refractivity contribution < 1.29 is 19.1 Å². The minimum atomic E-state index is -0.663. The van der Waals surface area contributed by atoms with E-state index >= 15 is 0 Å². The molecule has 1 aliphatic carbocycles. The lowest BCUT2D eigenvalue weighted by Crippen LogP contribution is -2.50. The van der Waals surface area contributed by atoms with Crippen LogP contribution in [0.2, 0.25) is 0 Å². The molecule has 1 aromatic carbocycles. The lowest BCUT2D eigenvalue weighted by molar-refractivity contribution is -0.114. The van der Waals surface area contributed by atoms with Crippen LogP contribution in [0.1, 0.15) is 72.8 Å². The average molecular weight is 403 g/mol. The fourth-order valence-corrected chi connectivity index (χ4v) is 4.16. The molecule has 29 heavy (non-hydrogen) atoms. The Morgan fingerprint density at radius 2 is 1.83 bits per heavy atom. The summed E-state index contributed by atoms with van der Waals surface area (Å²) in [5.74, 6) is -0.0648. The Balaban J connectivity index is 1.66. The maximum atomic E-state index is 12.8. The molecule has 160 valence electrons. The number of ether oxygens (including phenoxy) is 2. The molecule has 1 aromatic rings. The zero-order valence-corrected chi connectivity index (χ0v) is 18.5. The molecule has 2 fully saturated rings. The third kappa shape index (κ3) is 5.10. The summed E-state index contributed by atoms with van der Waals surface area (Å²) in [5, 5.41) is 2.81. The summed E-state index contributed by atoms with van der Waals surface area (Å²) >= 11 is 0. The lowest BCUT2D eigenvalue weighted by atomic mass is 9.89. The Labute approximate surface area is 173 Å². The topological polar surface area (TPSA) is 67.9 Å². The van der Waals surface area contributed by atoms with Crippen LogP contribution in [0, 0.1) is 0 Å². The van der Waals surface area contributed by atoms with Gasteiger partial charge in [0.15, 0.2) is 0 Å². The van der Waals surface area contributed by atoms with E-state index < -0.39 is 11.3 Å². The molecule has 0 bridgehead atoms. The number of nitrogens with one attached hydrogen (secondary N) is 1. The highest BCUT2D eigenvalue weighted by atomic mass is 16.6. The molecule has 1 heterocycles. The van der Waals surface area contributed by atoms with Gasteiger partial charge in [-0.05, 0) is 83.4 Å². The van der Waals surface area contributed by atoms with Crippen LogP contribution in [0.4, 0.5) is 10.5 Å². The van der Waals surface area contributed by atoms with Gasteiger partial charge in [0, 0.05) is 12.6 Å². The summed E-state index contributed by atoms with van der Waals surface area (Å²) in [6.07, 6.45) is 3.85. The molecule has 0 spiro atoms. The van der Waals surface area contributed by atoms with E-state index in [0.717, 1.165) is 31.4 Å². The van der Waals surface area contributed by atoms with Crippen molar-refractivity contribution in [3.8, 4) is 0 Å². The van der Waals surface area contributed by atoms with Gasteiger partial charge in [-0.25, -0.2) is 4.79 Å². The van der Waals surface area contributed by atoms with Gasteiger partial charge >= 0.3 is 6.09 Å². The number of hydrogen-bond donors (Lipinski definition) is 1. The van der Waals surface area contributed by atoms with Gasteiger partial charge in [-0.15, -0.1) is 0 Å². The van der Waals surface area contributed by atoms with Gasteiger partial charge in [-0.2, -0.15) is 0 Å². The van der Waals surface area contributed by atoms with Crippen LogP contribution in [-0.4, -0.2) is 40.9 Å². The molecule has 0 radical (unpaired) electrons. The van der Waals surface area contributed by atoms with Crippen molar-refractivity contribution in [2.45, 2.75) is 90.0 Å². The van der Waals surface area contributed by atoms with Crippen molar-refractivity contribution in [1.29, 1.82) is 0 Å². The number of amides is 2. The van der Waals surface area contributed by atoms with Gasteiger partial charge in [0.25, 0.3) is 0 Å². The third-order valence-corrected chi connectivity index (χ3v) is 5.79. The van der Waals surface area contributed by atoms with Crippen LogP contribution >= 0.6 is 0 Å². The van der Waals surface area contributed by atoms with Crippen LogP contribution in [0.15, 0.2) is 24.3 Å². The number of rotatable bonds is 5. The first-order valence-electron chi connectivity index (χ1n) is 10.5. The number of carbonyl (C=O) groups excluding carboxylic acids is 2. The first kappa shape index (κ1) is 21.6. The van der Waals surface area contributed by atoms with E-state index in [4.69, 9.17) is 9.47 Å². The molecule has 0 aromatic heterocycles. The minimum absolute atomic E-state index is 0.0102. The number of hydrogen-bond acceptors (Lipinski definition) is 4. The second-order valence-electron chi connectivity index (χ2n) is 9.84. The number of nitrogens with zero attached hydrogens (tertiary/aromatic N) is 1. The van der Waals surface area contributed by atoms with Crippen LogP contribution in [0.5, 0.6) is 0 Å². The molecular formula is C23H34N2O4. The summed E-state index contributed by atoms with van der Waals surface area (Å²) in [6.45, 7) is 11.5. The highest BCUT2D eigenvalue weighted by Gasteiger charge is 2.49. The molecule has 3 rings (SSSR count). The maximum Gasteiger partial charge on any atom is 0.412 e. The van der Waals surface area contributed by atoms with Gasteiger partial charge < -0.3 is 14.8 Å². The van der Waals surface area contributed by atoms with E-state index in [1.807, 2.05) is 46.8 Å². The van der Waals surface area contributed by atoms with Crippen molar-refractivity contribution >= 4 is 17.7 Å². The molecule has 6 heteroatoms. The van der Waals surface area contributed by atoms with Gasteiger partial charge in [0.2, 0.25) is 5.91 Å². The molecule has 2 aliphatic rings. The maximum absolute atomic E-state index is 12.8. The number of anilines is 1. The molecule has 2 amide bonds. The molecule has 1 N–H and O–H groups in total. The van der Waals surface area contributed by atoms with E-state index in [9.17, 15) is 9.59 Å². The molecule has 1 atom stereocenters. The molecule has 6 nitrogen and oxygen atoms in total. The van der Waals surface area contributed by atoms with Crippen LogP contribution in [0.25, 0.3) is 0 Å². The zero-order chi connectivity index (χ0) is 21.4. The fraction of sp³-hybridized carbons (Fsp3) is 0.652. The summed E-state index contributed by atoms with van der Waals surface area (Å²) in [6, 6.07) is 8.16. The second kappa shape index (κ2) is 7.63. The summed E-state index contributed by atoms with van der Waals surface area (Å²) < 4.78 is 11.6. The quantitative estimate of drug-likeness (QED) is 0.766. The molecule has 1 aliphatic heterocycles. The summed E-state index contributed by atoms with van der Waals surface area (Å²) in [4.78, 5) is 25.8. The zero-order valence-electron chi connectivity index (χ0n) is 18.5. The number of carbonyl (C=O) groups is 2. The highest BCUT2D eigenvalue weighted by Crippen LogP contribution is 2.52. The van der Waals surface area contributed by atoms with Gasteiger partial charge in [0.1, 0.15) is 11.3 Å². The molecule has 0 unspecified atom stereocenters.